The van der Waals surface area contributed by atoms with Crippen LogP contribution >= 0.6 is 0 Å². The molecular formula is C58H35N3O2. The van der Waals surface area contributed by atoms with E-state index >= 15 is 0 Å². The molecule has 0 saturated heterocycles. The molecule has 9 aromatic carbocycles. The minimum Gasteiger partial charge on any atom is -0.456 e. The zero-order valence-corrected chi connectivity index (χ0v) is 33.9. The van der Waals surface area contributed by atoms with Crippen LogP contribution in [0.2, 0.25) is 0 Å². The van der Waals surface area contributed by atoms with Crippen molar-refractivity contribution in [3.8, 4) is 56.4 Å². The van der Waals surface area contributed by atoms with Crippen LogP contribution in [0.4, 0.5) is 0 Å². The monoisotopic (exact) mass is 805 g/mol. The van der Waals surface area contributed by atoms with Gasteiger partial charge in [0.15, 0.2) is 17.5 Å². The second-order valence-electron chi connectivity index (χ2n) is 16.2. The van der Waals surface area contributed by atoms with Crippen LogP contribution in [-0.2, 0) is 5.41 Å². The Balaban J connectivity index is 1.13. The van der Waals surface area contributed by atoms with Gasteiger partial charge >= 0.3 is 0 Å². The summed E-state index contributed by atoms with van der Waals surface area (Å²) >= 11 is 0. The number of nitrogens with zero attached hydrogens (tertiary/aromatic N) is 3. The van der Waals surface area contributed by atoms with Crippen LogP contribution in [-0.4, -0.2) is 15.0 Å². The molecule has 13 rings (SSSR count). The normalized spacial score (nSPS) is 12.9. The van der Waals surface area contributed by atoms with E-state index in [1.165, 1.54) is 0 Å². The Labute approximate surface area is 362 Å². The number of aromatic nitrogens is 3. The summed E-state index contributed by atoms with van der Waals surface area (Å²) in [6, 6.07) is 74.2. The molecule has 0 unspecified atom stereocenters. The lowest BCUT2D eigenvalue weighted by molar-refractivity contribution is 0.634. The lowest BCUT2D eigenvalue weighted by Crippen LogP contribution is -2.29. The number of rotatable bonds is 6. The molecule has 3 aromatic heterocycles. The van der Waals surface area contributed by atoms with Crippen LogP contribution in [0.3, 0.4) is 0 Å². The van der Waals surface area contributed by atoms with Gasteiger partial charge in [0.25, 0.3) is 0 Å². The fraction of sp³-hybridized carbons (Fsp3) is 0.0172. The minimum absolute atomic E-state index is 0.593. The van der Waals surface area contributed by atoms with Gasteiger partial charge in [-0.2, -0.15) is 0 Å². The Hall–Kier alpha value is -8.41. The maximum Gasteiger partial charge on any atom is 0.164 e. The average molecular weight is 806 g/mol. The number of furan rings is 2. The van der Waals surface area contributed by atoms with Gasteiger partial charge in [-0.3, -0.25) is 0 Å². The lowest BCUT2D eigenvalue weighted by atomic mass is 9.67. The summed E-state index contributed by atoms with van der Waals surface area (Å²) < 4.78 is 13.9. The molecule has 1 aliphatic rings. The number of fused-ring (bicyclic) bond motifs is 9. The van der Waals surface area contributed by atoms with Gasteiger partial charge < -0.3 is 8.83 Å². The Kier molecular flexibility index (Phi) is 7.75. The van der Waals surface area contributed by atoms with Crippen LogP contribution in [0.15, 0.2) is 221 Å². The molecule has 0 fully saturated rings. The average Bonchev–Trinajstić information content (AvgIpc) is 4.03. The predicted octanol–water partition coefficient (Wildman–Crippen LogP) is 14.7. The summed E-state index contributed by atoms with van der Waals surface area (Å²) in [4.78, 5) is 15.9. The van der Waals surface area contributed by atoms with Crippen LogP contribution in [0.1, 0.15) is 22.3 Å². The third-order valence-corrected chi connectivity index (χ3v) is 12.8. The van der Waals surface area contributed by atoms with Crippen molar-refractivity contribution in [3.05, 3.63) is 235 Å². The number of benzene rings is 9. The largest absolute Gasteiger partial charge is 0.456 e. The van der Waals surface area contributed by atoms with Gasteiger partial charge in [0, 0.05) is 49.4 Å². The van der Waals surface area contributed by atoms with Gasteiger partial charge in [-0.15, -0.1) is 0 Å². The van der Waals surface area contributed by atoms with Crippen molar-refractivity contribution in [2.45, 2.75) is 5.41 Å². The summed E-state index contributed by atoms with van der Waals surface area (Å²) in [5, 5.41) is 4.28. The molecule has 12 aromatic rings. The van der Waals surface area contributed by atoms with Gasteiger partial charge in [-0.05, 0) is 51.6 Å². The van der Waals surface area contributed by atoms with Gasteiger partial charge in [0.05, 0.1) is 5.41 Å². The molecule has 0 spiro atoms. The lowest BCUT2D eigenvalue weighted by Gasteiger charge is -2.33. The quantitative estimate of drug-likeness (QED) is 0.167. The van der Waals surface area contributed by atoms with Gasteiger partial charge in [-0.1, -0.05) is 194 Å². The fourth-order valence-electron chi connectivity index (χ4n) is 10.1. The first-order valence-corrected chi connectivity index (χ1v) is 21.3. The first-order chi connectivity index (χ1) is 31.2. The van der Waals surface area contributed by atoms with E-state index in [1.807, 2.05) is 36.4 Å². The van der Waals surface area contributed by atoms with Crippen molar-refractivity contribution in [2.24, 2.45) is 0 Å². The summed E-state index contributed by atoms with van der Waals surface area (Å²) in [5.74, 6) is 1.80. The highest BCUT2D eigenvalue weighted by Crippen LogP contribution is 2.60. The smallest absolute Gasteiger partial charge is 0.164 e. The summed E-state index contributed by atoms with van der Waals surface area (Å²) in [6.45, 7) is 0. The highest BCUT2D eigenvalue weighted by atomic mass is 16.3. The molecule has 1 aliphatic carbocycles. The first-order valence-electron chi connectivity index (χ1n) is 21.3. The maximum atomic E-state index is 6.97. The van der Waals surface area contributed by atoms with Crippen molar-refractivity contribution in [3.63, 3.8) is 0 Å². The molecule has 0 aliphatic heterocycles. The maximum absolute atomic E-state index is 6.97. The molecule has 5 nitrogen and oxygen atoms in total. The van der Waals surface area contributed by atoms with Crippen LogP contribution < -0.4 is 0 Å². The van der Waals surface area contributed by atoms with Crippen molar-refractivity contribution < 1.29 is 8.83 Å². The number of hydrogen-bond acceptors (Lipinski definition) is 5. The molecule has 0 radical (unpaired) electrons. The molecule has 0 amide bonds. The molecule has 3 heterocycles. The molecular weight excluding hydrogens is 771 g/mol. The molecule has 63 heavy (non-hydrogen) atoms. The van der Waals surface area contributed by atoms with Gasteiger partial charge in [0.1, 0.15) is 22.3 Å². The summed E-state index contributed by atoms with van der Waals surface area (Å²) in [6.07, 6.45) is 0. The zero-order valence-electron chi connectivity index (χ0n) is 33.9. The van der Waals surface area contributed by atoms with E-state index in [0.29, 0.717) is 17.5 Å². The van der Waals surface area contributed by atoms with Crippen molar-refractivity contribution in [1.82, 2.24) is 15.0 Å². The van der Waals surface area contributed by atoms with Crippen molar-refractivity contribution >= 4 is 43.9 Å². The molecule has 294 valence electrons. The highest BCUT2D eigenvalue weighted by molar-refractivity contribution is 6.10. The van der Waals surface area contributed by atoms with Crippen LogP contribution in [0, 0.1) is 0 Å². The topological polar surface area (TPSA) is 65.0 Å². The molecule has 0 N–H and O–H groups in total. The highest BCUT2D eigenvalue weighted by Gasteiger charge is 2.50. The number of para-hydroxylation sites is 4. The minimum atomic E-state index is -0.884. The second-order valence-corrected chi connectivity index (χ2v) is 16.2. The summed E-state index contributed by atoms with van der Waals surface area (Å²) in [5.41, 5.74) is 13.9. The third-order valence-electron chi connectivity index (χ3n) is 12.8. The molecule has 5 heteroatoms. The van der Waals surface area contributed by atoms with E-state index in [9.17, 15) is 0 Å². The Bertz CT molecular complexity index is 3640. The van der Waals surface area contributed by atoms with E-state index in [4.69, 9.17) is 23.8 Å². The molecule has 0 saturated carbocycles. The Morgan fingerprint density at radius 2 is 0.746 bits per heavy atom. The van der Waals surface area contributed by atoms with E-state index in [-0.39, 0.29) is 0 Å². The fourth-order valence-corrected chi connectivity index (χ4v) is 10.1. The van der Waals surface area contributed by atoms with E-state index < -0.39 is 5.41 Å². The van der Waals surface area contributed by atoms with E-state index in [1.54, 1.807) is 0 Å². The van der Waals surface area contributed by atoms with E-state index in [0.717, 1.165) is 105 Å². The first kappa shape index (κ1) is 35.4. The van der Waals surface area contributed by atoms with Crippen LogP contribution in [0.5, 0.6) is 0 Å². The Morgan fingerprint density at radius 3 is 1.43 bits per heavy atom. The van der Waals surface area contributed by atoms with Crippen LogP contribution in [0.25, 0.3) is 100 Å². The van der Waals surface area contributed by atoms with E-state index in [2.05, 4.69) is 176 Å². The standard InChI is InChI=1S/C58H35N3O2/c1-3-17-36(18-4-1)38-21-13-22-39(35-38)56-59-55(37-19-5-2-6-20-37)60-57(61-56)45-28-16-30-47-52(45)44-25-7-10-29-46(44)58(47,48-31-14-26-42-40-23-8-11-33-50(40)62-53(42)48)49-32-15-27-43-41-24-9-12-34-51(41)63-54(43)49/h1-35H. The molecule has 0 bridgehead atoms. The Morgan fingerprint density at radius 1 is 0.302 bits per heavy atom. The van der Waals surface area contributed by atoms with Crippen molar-refractivity contribution in [1.29, 1.82) is 0 Å². The zero-order chi connectivity index (χ0) is 41.5. The van der Waals surface area contributed by atoms with Gasteiger partial charge in [-0.25, -0.2) is 15.0 Å². The van der Waals surface area contributed by atoms with Gasteiger partial charge in [0.2, 0.25) is 0 Å². The second kappa shape index (κ2) is 13.8. The predicted molar refractivity (Wildman–Crippen MR) is 253 cm³/mol. The van der Waals surface area contributed by atoms with Crippen molar-refractivity contribution in [2.75, 3.05) is 0 Å². The molecule has 0 atom stereocenters. The number of hydrogen-bond donors (Lipinski definition) is 0. The SMILES string of the molecule is c1ccc(-c2cccc(-c3nc(-c4ccccc4)nc(-c4cccc5c4-c4ccccc4C5(c4cccc5c4oc4ccccc45)c4cccc5c4oc4ccccc45)n3)c2)cc1. The third kappa shape index (κ3) is 5.27. The summed E-state index contributed by atoms with van der Waals surface area (Å²) in [7, 11) is 0.